The van der Waals surface area contributed by atoms with Crippen LogP contribution in [0, 0.1) is 5.92 Å². The van der Waals surface area contributed by atoms with Gasteiger partial charge in [-0.25, -0.2) is 4.79 Å². The summed E-state index contributed by atoms with van der Waals surface area (Å²) in [6.45, 7) is 7.79. The number of carbonyl (C=O) groups excluding carboxylic acids is 5. The summed E-state index contributed by atoms with van der Waals surface area (Å²) in [5, 5.41) is 32.6. The van der Waals surface area contributed by atoms with Gasteiger partial charge in [-0.05, 0) is 38.3 Å². The number of aromatic amines is 1. The number of benzene rings is 1. The summed E-state index contributed by atoms with van der Waals surface area (Å²) in [4.78, 5) is 78.0. The number of carbonyl (C=O) groups is 6. The molecule has 5 amide bonds. The summed E-state index contributed by atoms with van der Waals surface area (Å²) in [6.07, 6.45) is -1.07. The minimum atomic E-state index is -1.54. The van der Waals surface area contributed by atoms with Gasteiger partial charge >= 0.3 is 12.1 Å². The summed E-state index contributed by atoms with van der Waals surface area (Å²) < 4.78 is 5.14. The fraction of sp³-hybridized carbons (Fsp3) is 0.536. The molecule has 0 bridgehead atoms. The van der Waals surface area contributed by atoms with Gasteiger partial charge in [-0.15, -0.1) is 10.2 Å². The number of nitrogens with one attached hydrogen (secondary N) is 5. The lowest BCUT2D eigenvalue weighted by atomic mass is 9.97. The number of tetrazole rings is 1. The van der Waals surface area contributed by atoms with Crippen LogP contribution in [0.2, 0.25) is 0 Å². The maximum Gasteiger partial charge on any atom is 0.408 e. The average molecular weight is 630 g/mol. The van der Waals surface area contributed by atoms with E-state index in [1.807, 2.05) is 0 Å². The molecule has 0 saturated heterocycles. The number of anilines is 1. The molecule has 1 aromatic carbocycles. The zero-order chi connectivity index (χ0) is 33.3. The number of alkyl carbamates (subject to hydrolysis) is 1. The Balaban J connectivity index is 1.70. The van der Waals surface area contributed by atoms with Crippen LogP contribution in [0.15, 0.2) is 24.3 Å². The highest BCUT2D eigenvalue weighted by Gasteiger charge is 2.39. The standard InChI is InChI=1S/C28H39N9O8/c1-6-15(2)23(32-24(41)17(12-22(39)40)31-27(44)45-28(3,4)5)26(43)30-14-21(38)37-18-10-8-7-9-16(18)11-19(37)25(42)29-13-20-33-35-36-34-20/h7-10,15,17,19,23H,6,11-14H2,1-5H3,(H,29,42)(H,30,43)(H,31,44)(H,32,41)(H,39,40)(H,33,34,35,36)/t15-,17+,19?,23-/m0/s1. The number of fused-ring (bicyclic) bond motifs is 1. The smallest absolute Gasteiger partial charge is 0.408 e. The van der Waals surface area contributed by atoms with Crippen LogP contribution in [0.3, 0.4) is 0 Å². The van der Waals surface area contributed by atoms with Crippen molar-refractivity contribution < 1.29 is 38.6 Å². The highest BCUT2D eigenvalue weighted by molar-refractivity contribution is 6.05. The lowest BCUT2D eigenvalue weighted by Crippen LogP contribution is -2.57. The molecule has 3 rings (SSSR count). The van der Waals surface area contributed by atoms with Gasteiger partial charge in [0, 0.05) is 12.1 Å². The number of H-pyrrole nitrogens is 1. The van der Waals surface area contributed by atoms with Crippen LogP contribution >= 0.6 is 0 Å². The van der Waals surface area contributed by atoms with Gasteiger partial charge in [-0.3, -0.25) is 28.9 Å². The number of amides is 5. The zero-order valence-corrected chi connectivity index (χ0v) is 25.7. The van der Waals surface area contributed by atoms with Crippen molar-refractivity contribution in [2.45, 2.75) is 84.2 Å². The van der Waals surface area contributed by atoms with Gasteiger partial charge in [-0.2, -0.15) is 5.21 Å². The topological polar surface area (TPSA) is 238 Å². The third kappa shape index (κ3) is 9.70. The number of carboxylic acids is 1. The van der Waals surface area contributed by atoms with Crippen molar-refractivity contribution in [3.63, 3.8) is 0 Å². The zero-order valence-electron chi connectivity index (χ0n) is 25.7. The first-order chi connectivity index (χ1) is 21.2. The van der Waals surface area contributed by atoms with E-state index in [0.29, 0.717) is 12.1 Å². The molecule has 45 heavy (non-hydrogen) atoms. The van der Waals surface area contributed by atoms with Crippen molar-refractivity contribution in [2.24, 2.45) is 5.92 Å². The Hall–Kier alpha value is -5.09. The summed E-state index contributed by atoms with van der Waals surface area (Å²) in [6, 6.07) is 3.40. The molecule has 1 aliphatic rings. The van der Waals surface area contributed by atoms with Crippen LogP contribution in [0.1, 0.15) is 58.8 Å². The van der Waals surface area contributed by atoms with Gasteiger partial charge < -0.3 is 31.1 Å². The predicted octanol–water partition coefficient (Wildman–Crippen LogP) is -0.211. The number of aromatic nitrogens is 4. The molecule has 0 saturated carbocycles. The van der Waals surface area contributed by atoms with Crippen molar-refractivity contribution in [3.8, 4) is 0 Å². The van der Waals surface area contributed by atoms with Crippen molar-refractivity contribution in [1.82, 2.24) is 41.9 Å². The first-order valence-electron chi connectivity index (χ1n) is 14.4. The van der Waals surface area contributed by atoms with Crippen LogP contribution in [-0.2, 0) is 41.7 Å². The molecule has 0 spiro atoms. The number of carboxylic acid groups (broad SMARTS) is 1. The molecule has 0 fully saturated rings. The first kappa shape index (κ1) is 34.4. The second-order valence-electron chi connectivity index (χ2n) is 11.5. The van der Waals surface area contributed by atoms with Crippen LogP contribution in [0.4, 0.5) is 10.5 Å². The van der Waals surface area contributed by atoms with Gasteiger partial charge in [0.2, 0.25) is 23.6 Å². The van der Waals surface area contributed by atoms with Crippen molar-refractivity contribution in [1.29, 1.82) is 0 Å². The van der Waals surface area contributed by atoms with E-state index in [-0.39, 0.29) is 18.8 Å². The highest BCUT2D eigenvalue weighted by Crippen LogP contribution is 2.32. The van der Waals surface area contributed by atoms with E-state index < -0.39 is 78.3 Å². The molecular weight excluding hydrogens is 590 g/mol. The van der Waals surface area contributed by atoms with E-state index in [0.717, 1.165) is 5.56 Å². The largest absolute Gasteiger partial charge is 0.481 e. The van der Waals surface area contributed by atoms with Gasteiger partial charge in [0.25, 0.3) is 0 Å². The maximum absolute atomic E-state index is 13.5. The molecule has 2 heterocycles. The summed E-state index contributed by atoms with van der Waals surface area (Å²) >= 11 is 0. The quantitative estimate of drug-likeness (QED) is 0.169. The summed E-state index contributed by atoms with van der Waals surface area (Å²) in [7, 11) is 0. The molecule has 2 aromatic rings. The van der Waals surface area contributed by atoms with Crippen LogP contribution in [0.25, 0.3) is 0 Å². The van der Waals surface area contributed by atoms with E-state index in [4.69, 9.17) is 4.74 Å². The monoisotopic (exact) mass is 629 g/mol. The van der Waals surface area contributed by atoms with Crippen LogP contribution in [0.5, 0.6) is 0 Å². The minimum Gasteiger partial charge on any atom is -0.481 e. The predicted molar refractivity (Wildman–Crippen MR) is 157 cm³/mol. The van der Waals surface area contributed by atoms with E-state index in [9.17, 15) is 33.9 Å². The molecular formula is C28H39N9O8. The van der Waals surface area contributed by atoms with Gasteiger partial charge in [-0.1, -0.05) is 43.7 Å². The molecule has 6 N–H and O–H groups in total. The Morgan fingerprint density at radius 2 is 1.80 bits per heavy atom. The average Bonchev–Trinajstić information content (AvgIpc) is 3.63. The number of hydrogen-bond acceptors (Lipinski definition) is 10. The molecule has 4 atom stereocenters. The fourth-order valence-electron chi connectivity index (χ4n) is 4.59. The maximum atomic E-state index is 13.5. The molecule has 17 nitrogen and oxygen atoms in total. The lowest BCUT2D eigenvalue weighted by molar-refractivity contribution is -0.140. The molecule has 1 aliphatic heterocycles. The third-order valence-corrected chi connectivity index (χ3v) is 6.95. The third-order valence-electron chi connectivity index (χ3n) is 6.95. The highest BCUT2D eigenvalue weighted by atomic mass is 16.6. The van der Waals surface area contributed by atoms with Gasteiger partial charge in [0.05, 0.1) is 19.5 Å². The molecule has 1 aromatic heterocycles. The van der Waals surface area contributed by atoms with E-state index >= 15 is 0 Å². The van der Waals surface area contributed by atoms with Crippen molar-refractivity contribution in [3.05, 3.63) is 35.7 Å². The van der Waals surface area contributed by atoms with E-state index in [1.165, 1.54) is 4.90 Å². The molecule has 0 radical (unpaired) electrons. The Kier molecular flexibility index (Phi) is 11.5. The molecule has 1 unspecified atom stereocenters. The van der Waals surface area contributed by atoms with E-state index in [1.54, 1.807) is 58.9 Å². The lowest BCUT2D eigenvalue weighted by Gasteiger charge is -2.28. The second kappa shape index (κ2) is 15.1. The Labute approximate surface area is 259 Å². The second-order valence-corrected chi connectivity index (χ2v) is 11.5. The Morgan fingerprint density at radius 3 is 2.42 bits per heavy atom. The SMILES string of the molecule is CC[C@H](C)[C@H](NC(=O)[C@@H](CC(=O)O)NC(=O)OC(C)(C)C)C(=O)NCC(=O)N1c2ccccc2CC1C(=O)NCc1nn[nH]n1. The number of aliphatic carboxylic acids is 1. The van der Waals surface area contributed by atoms with Crippen molar-refractivity contribution in [2.75, 3.05) is 11.4 Å². The van der Waals surface area contributed by atoms with E-state index in [2.05, 4.69) is 41.9 Å². The number of para-hydroxylation sites is 1. The van der Waals surface area contributed by atoms with Gasteiger partial charge in [0.1, 0.15) is 23.7 Å². The fourth-order valence-corrected chi connectivity index (χ4v) is 4.59. The number of rotatable bonds is 13. The molecule has 17 heteroatoms. The van der Waals surface area contributed by atoms with Crippen LogP contribution < -0.4 is 26.2 Å². The number of hydrogen-bond donors (Lipinski definition) is 6. The Morgan fingerprint density at radius 1 is 1.09 bits per heavy atom. The van der Waals surface area contributed by atoms with Gasteiger partial charge in [0.15, 0.2) is 5.82 Å². The summed E-state index contributed by atoms with van der Waals surface area (Å²) in [5.74, 6) is -4.19. The normalized spacial score (nSPS) is 16.0. The summed E-state index contributed by atoms with van der Waals surface area (Å²) in [5.41, 5.74) is 0.389. The molecule has 0 aliphatic carbocycles. The minimum absolute atomic E-state index is 0.0110. The first-order valence-corrected chi connectivity index (χ1v) is 14.4. The molecule has 244 valence electrons. The van der Waals surface area contributed by atoms with Crippen molar-refractivity contribution >= 4 is 41.4 Å². The van der Waals surface area contributed by atoms with Crippen LogP contribution in [-0.4, -0.2) is 91.7 Å². The number of nitrogens with zero attached hydrogens (tertiary/aromatic N) is 4. The number of ether oxygens (including phenoxy) is 1. The Bertz CT molecular complexity index is 1390.